The molecule has 4 nitrogen and oxygen atoms in total. The minimum absolute atomic E-state index is 0.0386. The molecule has 0 N–H and O–H groups in total. The average Bonchev–Trinajstić information content (AvgIpc) is 3.03. The molecule has 0 aromatic carbocycles. The number of hydrogen-bond acceptors (Lipinski definition) is 4. The summed E-state index contributed by atoms with van der Waals surface area (Å²) in [5.74, 6) is 1.43. The normalized spacial score (nSPS) is 39.7. The molecule has 4 saturated heterocycles. The lowest BCUT2D eigenvalue weighted by Gasteiger charge is -2.29. The fourth-order valence-corrected chi connectivity index (χ4v) is 5.13. The number of rotatable bonds is 7. The van der Waals surface area contributed by atoms with Crippen molar-refractivity contribution in [3.05, 3.63) is 0 Å². The number of nitrogens with zero attached hydrogens (tertiary/aromatic N) is 2. The maximum Gasteiger partial charge on any atom is 0.306 e. The van der Waals surface area contributed by atoms with Crippen LogP contribution in [-0.2, 0) is 9.53 Å². The summed E-state index contributed by atoms with van der Waals surface area (Å²) in [7, 11) is 0. The Balaban J connectivity index is 1.10. The summed E-state index contributed by atoms with van der Waals surface area (Å²) >= 11 is 0. The molecule has 0 aromatic heterocycles. The molecule has 4 bridgehead atoms. The predicted molar refractivity (Wildman–Crippen MR) is 85.6 cm³/mol. The first-order valence-electron chi connectivity index (χ1n) is 9.44. The van der Waals surface area contributed by atoms with Gasteiger partial charge in [0.15, 0.2) is 0 Å². The number of likely N-dealkylation sites (tertiary alicyclic amines) is 1. The summed E-state index contributed by atoms with van der Waals surface area (Å²) in [6, 6.07) is 0. The van der Waals surface area contributed by atoms with Crippen LogP contribution in [0.4, 0.5) is 0 Å². The van der Waals surface area contributed by atoms with E-state index >= 15 is 0 Å². The van der Waals surface area contributed by atoms with Gasteiger partial charge in [-0.05, 0) is 58.3 Å². The van der Waals surface area contributed by atoms with Crippen molar-refractivity contribution in [2.75, 3.05) is 39.3 Å². The number of piperidine rings is 4. The second-order valence-corrected chi connectivity index (χ2v) is 7.88. The molecular weight excluding hydrogens is 276 g/mol. The van der Waals surface area contributed by atoms with Crippen molar-refractivity contribution in [3.8, 4) is 0 Å². The van der Waals surface area contributed by atoms with E-state index in [1.54, 1.807) is 0 Å². The largest absolute Gasteiger partial charge is 0.457 e. The highest BCUT2D eigenvalue weighted by Crippen LogP contribution is 2.62. The lowest BCUT2D eigenvalue weighted by Crippen LogP contribution is -2.39. The van der Waals surface area contributed by atoms with Crippen LogP contribution in [0.5, 0.6) is 0 Å². The molecular formula is C18H30N2O2. The van der Waals surface area contributed by atoms with Gasteiger partial charge in [-0.15, -0.1) is 0 Å². The number of esters is 1. The minimum Gasteiger partial charge on any atom is -0.457 e. The number of carbonyl (C=O) groups excluding carboxylic acids is 1. The fourth-order valence-electron chi connectivity index (χ4n) is 5.13. The van der Waals surface area contributed by atoms with Gasteiger partial charge in [-0.2, -0.15) is 0 Å². The van der Waals surface area contributed by atoms with Crippen LogP contribution in [0.2, 0.25) is 0 Å². The molecule has 0 spiro atoms. The van der Waals surface area contributed by atoms with Gasteiger partial charge in [0, 0.05) is 31.3 Å². The number of ether oxygens (including phenoxy) is 1. The fraction of sp³-hybridized carbons (Fsp3) is 0.944. The Kier molecular flexibility index (Phi) is 4.16. The third kappa shape index (κ3) is 2.80. The Morgan fingerprint density at radius 1 is 1.05 bits per heavy atom. The molecule has 1 saturated carbocycles. The molecule has 5 aliphatic rings. The average molecular weight is 306 g/mol. The van der Waals surface area contributed by atoms with Gasteiger partial charge < -0.3 is 9.64 Å². The zero-order valence-corrected chi connectivity index (χ0v) is 13.8. The molecule has 1 aliphatic carbocycles. The van der Waals surface area contributed by atoms with Crippen molar-refractivity contribution >= 4 is 5.97 Å². The number of fused-ring (bicyclic) bond motifs is 1. The maximum atomic E-state index is 12.1. The molecule has 3 unspecified atom stereocenters. The highest BCUT2D eigenvalue weighted by Gasteiger charge is 2.73. The van der Waals surface area contributed by atoms with E-state index < -0.39 is 0 Å². The molecule has 124 valence electrons. The zero-order valence-electron chi connectivity index (χ0n) is 13.8. The molecule has 4 aliphatic heterocycles. The van der Waals surface area contributed by atoms with Crippen molar-refractivity contribution in [2.24, 2.45) is 11.8 Å². The highest BCUT2D eigenvalue weighted by atomic mass is 16.6. The summed E-state index contributed by atoms with van der Waals surface area (Å²) < 4.78 is 5.91. The third-order valence-electron chi connectivity index (χ3n) is 6.42. The van der Waals surface area contributed by atoms with Crippen LogP contribution in [0.1, 0.15) is 51.4 Å². The third-order valence-corrected chi connectivity index (χ3v) is 6.42. The second-order valence-electron chi connectivity index (χ2n) is 7.88. The van der Waals surface area contributed by atoms with Gasteiger partial charge in [-0.3, -0.25) is 9.69 Å². The molecule has 4 atom stereocenters. The molecule has 22 heavy (non-hydrogen) atoms. The summed E-state index contributed by atoms with van der Waals surface area (Å²) in [6.45, 7) is 7.19. The Morgan fingerprint density at radius 2 is 1.91 bits per heavy atom. The van der Waals surface area contributed by atoms with Gasteiger partial charge in [0.2, 0.25) is 0 Å². The van der Waals surface area contributed by atoms with Crippen LogP contribution in [-0.4, -0.2) is 60.6 Å². The zero-order chi connectivity index (χ0) is 15.0. The number of hydrogen-bond donors (Lipinski definition) is 0. The van der Waals surface area contributed by atoms with Crippen molar-refractivity contribution < 1.29 is 9.53 Å². The first kappa shape index (κ1) is 14.9. The monoisotopic (exact) mass is 306 g/mol. The van der Waals surface area contributed by atoms with Crippen LogP contribution in [0.3, 0.4) is 0 Å². The van der Waals surface area contributed by atoms with Gasteiger partial charge in [0.25, 0.3) is 0 Å². The number of carbonyl (C=O) groups is 1. The first-order chi connectivity index (χ1) is 10.8. The lowest BCUT2D eigenvalue weighted by molar-refractivity contribution is -0.153. The van der Waals surface area contributed by atoms with Gasteiger partial charge >= 0.3 is 5.97 Å². The Labute approximate surface area is 134 Å². The molecule has 5 fully saturated rings. The predicted octanol–water partition coefficient (Wildman–Crippen LogP) is 2.28. The molecule has 4 heteroatoms. The Morgan fingerprint density at radius 3 is 2.59 bits per heavy atom. The van der Waals surface area contributed by atoms with Gasteiger partial charge in [0.1, 0.15) is 5.60 Å². The summed E-state index contributed by atoms with van der Waals surface area (Å²) in [6.07, 6.45) is 9.41. The number of unbranched alkanes of at least 4 members (excludes halogenated alkanes) is 2. The lowest BCUT2D eigenvalue weighted by atomic mass is 10.1. The maximum absolute atomic E-state index is 12.1. The summed E-state index contributed by atoms with van der Waals surface area (Å²) in [4.78, 5) is 17.2. The SMILES string of the molecule is O=C(CCCCCN1CCCCC1)O[C@]12CN3CCC1C2C3. The van der Waals surface area contributed by atoms with E-state index in [4.69, 9.17) is 4.74 Å². The summed E-state index contributed by atoms with van der Waals surface area (Å²) in [5, 5.41) is 0. The van der Waals surface area contributed by atoms with Crippen molar-refractivity contribution in [3.63, 3.8) is 0 Å². The van der Waals surface area contributed by atoms with Gasteiger partial charge in [-0.1, -0.05) is 12.8 Å². The van der Waals surface area contributed by atoms with Crippen LogP contribution in [0, 0.1) is 11.8 Å². The van der Waals surface area contributed by atoms with Crippen LogP contribution in [0.25, 0.3) is 0 Å². The quantitative estimate of drug-likeness (QED) is 0.534. The van der Waals surface area contributed by atoms with E-state index in [0.717, 1.165) is 19.4 Å². The van der Waals surface area contributed by atoms with Crippen LogP contribution >= 0.6 is 0 Å². The molecule has 0 radical (unpaired) electrons. The Hall–Kier alpha value is -0.610. The first-order valence-corrected chi connectivity index (χ1v) is 9.44. The standard InChI is InChI=1S/C18H30N2O2/c21-17(7-3-1-4-9-19-10-5-2-6-11-19)22-18-14-20-12-8-15(18)16(18)13-20/h15-16H,1-14H2/t15?,16?,18-/m1/s1. The van der Waals surface area contributed by atoms with E-state index in [9.17, 15) is 4.79 Å². The molecule has 5 rings (SSSR count). The van der Waals surface area contributed by atoms with Crippen molar-refractivity contribution in [2.45, 2.75) is 57.0 Å². The topological polar surface area (TPSA) is 32.8 Å². The smallest absolute Gasteiger partial charge is 0.306 e. The van der Waals surface area contributed by atoms with Gasteiger partial charge in [-0.25, -0.2) is 0 Å². The molecule has 0 amide bonds. The van der Waals surface area contributed by atoms with Crippen molar-refractivity contribution in [1.29, 1.82) is 0 Å². The van der Waals surface area contributed by atoms with E-state index in [1.807, 2.05) is 0 Å². The summed E-state index contributed by atoms with van der Waals surface area (Å²) in [5.41, 5.74) is -0.0386. The highest BCUT2D eigenvalue weighted by molar-refractivity contribution is 5.70. The van der Waals surface area contributed by atoms with E-state index in [1.165, 1.54) is 64.8 Å². The van der Waals surface area contributed by atoms with Crippen LogP contribution < -0.4 is 0 Å². The van der Waals surface area contributed by atoms with E-state index in [0.29, 0.717) is 18.3 Å². The van der Waals surface area contributed by atoms with Crippen molar-refractivity contribution in [1.82, 2.24) is 9.80 Å². The second kappa shape index (κ2) is 6.12. The van der Waals surface area contributed by atoms with Gasteiger partial charge in [0.05, 0.1) is 0 Å². The Bertz CT molecular complexity index is 415. The minimum atomic E-state index is -0.0386. The van der Waals surface area contributed by atoms with E-state index in [-0.39, 0.29) is 11.6 Å². The molecule has 4 heterocycles. The van der Waals surface area contributed by atoms with Crippen LogP contribution in [0.15, 0.2) is 0 Å². The molecule has 0 aromatic rings. The van der Waals surface area contributed by atoms with E-state index in [2.05, 4.69) is 9.80 Å².